The van der Waals surface area contributed by atoms with E-state index >= 15 is 0 Å². The predicted octanol–water partition coefficient (Wildman–Crippen LogP) is 16.7. The van der Waals surface area contributed by atoms with Crippen LogP contribution < -0.4 is 10.2 Å². The first kappa shape index (κ1) is 67.0. The molecule has 0 atom stereocenters. The van der Waals surface area contributed by atoms with Gasteiger partial charge in [-0.1, -0.05) is 70.6 Å². The Hall–Kier alpha value is -4.13. The summed E-state index contributed by atoms with van der Waals surface area (Å²) in [7, 11) is 0. The second-order valence-electron chi connectivity index (χ2n) is 21.1. The van der Waals surface area contributed by atoms with E-state index in [2.05, 4.69) is 168 Å². The molecule has 10 heterocycles. The Bertz CT molecular complexity index is 3340. The van der Waals surface area contributed by atoms with Gasteiger partial charge < -0.3 is 29.5 Å². The molecule has 12 rings (SSSR count). The molecule has 82 heavy (non-hydrogen) atoms. The lowest BCUT2D eigenvalue weighted by Gasteiger charge is -2.40. The number of alkyl halides is 1. The number of ether oxygens (including phenoxy) is 2. The molecule has 4 aliphatic heterocycles. The van der Waals surface area contributed by atoms with Crippen LogP contribution in [0.1, 0.15) is 76.4 Å². The molecule has 1 N–H and O–H groups in total. The molecule has 4 fully saturated rings. The van der Waals surface area contributed by atoms with E-state index in [1.807, 2.05) is 139 Å². The third-order valence-corrected chi connectivity index (χ3v) is 17.2. The fourth-order valence-corrected chi connectivity index (χ4v) is 11.4. The summed E-state index contributed by atoms with van der Waals surface area (Å²) in [5.74, 6) is 2.45. The lowest BCUT2D eigenvalue weighted by Crippen LogP contribution is -2.52. The minimum absolute atomic E-state index is 0. The zero-order valence-electron chi connectivity index (χ0n) is 46.0. The summed E-state index contributed by atoms with van der Waals surface area (Å²) in [4.78, 5) is 54.8. The Morgan fingerprint density at radius 1 is 0.524 bits per heavy atom. The number of nitrogens with one attached hydrogen (secondary N) is 1. The number of anilines is 1. The van der Waals surface area contributed by atoms with Crippen LogP contribution in [-0.4, -0.2) is 119 Å². The lowest BCUT2D eigenvalue weighted by atomic mass is 9.95. The van der Waals surface area contributed by atoms with Crippen molar-refractivity contribution in [2.45, 2.75) is 74.4 Å². The minimum Gasteiger partial charge on any atom is -0.444 e. The molecule has 0 spiro atoms. The van der Waals surface area contributed by atoms with Gasteiger partial charge in [-0.25, -0.2) is 24.5 Å². The van der Waals surface area contributed by atoms with Crippen molar-refractivity contribution < 1.29 is 19.1 Å². The summed E-state index contributed by atoms with van der Waals surface area (Å²) in [6, 6.07) is 39.8. The van der Waals surface area contributed by atoms with Crippen molar-refractivity contribution in [2.75, 3.05) is 57.3 Å². The number of rotatable bonds is 4. The normalized spacial score (nSPS) is 14.9. The Morgan fingerprint density at radius 3 is 1.35 bits per heavy atom. The van der Waals surface area contributed by atoms with E-state index in [1.165, 1.54) is 11.1 Å². The average molecular weight is 1590 g/mol. The molecule has 0 radical (unpaired) electrons. The van der Waals surface area contributed by atoms with Crippen molar-refractivity contribution in [1.29, 1.82) is 0 Å². The Labute approximate surface area is 547 Å². The number of amides is 2. The first-order chi connectivity index (χ1) is 38.6. The highest BCUT2D eigenvalue weighted by atomic mass is 127. The number of pyridine rings is 6. The number of carbonyl (C=O) groups excluding carboxylic acids is 2. The zero-order valence-corrected chi connectivity index (χ0v) is 57.7. The van der Waals surface area contributed by atoms with Crippen LogP contribution in [0, 0.1) is 0 Å². The van der Waals surface area contributed by atoms with E-state index in [9.17, 15) is 9.59 Å². The first-order valence-corrected chi connectivity index (χ1v) is 31.7. The Balaban J connectivity index is 0.000000163. The number of para-hydroxylation sites is 2. The number of carbonyl (C=O) groups is 2. The first-order valence-electron chi connectivity index (χ1n) is 26.1. The smallest absolute Gasteiger partial charge is 0.410 e. The van der Waals surface area contributed by atoms with Gasteiger partial charge in [-0.15, -0.1) is 12.4 Å². The fraction of sp³-hybridized carbons (Fsp3) is 0.333. The Kier molecular flexibility index (Phi) is 26.0. The number of benzene rings is 2. The molecule has 0 aliphatic carbocycles. The molecular formula is C60H64Br5Cl2IN10O4. The van der Waals surface area contributed by atoms with Crippen LogP contribution in [0.15, 0.2) is 169 Å². The van der Waals surface area contributed by atoms with Gasteiger partial charge >= 0.3 is 12.2 Å². The standard InChI is InChI=1S/C17H14BrN3.C13H17BrN2O2.C9H6ClN.C8H9BrN2.C8H14INO2.C5H3Br2N.ClH/c18-14-5-3-9-19-17(14)13-10-21(11-13)16-8-7-12-4-1-2-6-15(12)20-16;1-13(2,3)18-12(17)16-7-9(8-16)11-10(14)5-4-6-15-11;10-9-6-5-7-3-1-2-4-8(7)11-9;9-7-2-1-3-11-8(7)6-4-10-5-6;1-8(2,3)12-7(11)10-4-6(9)5-10;6-4-2-1-3-8-5(4)7;/h1-9,13H,10-11H2;4-6,9H,7-8H2,1-3H3;1-6H;1-3,6,10H,4-5H2;6H,4-5H2,1-3H3;1-3H;1H. The number of likely N-dealkylation sites (tertiary alicyclic amines) is 2. The van der Waals surface area contributed by atoms with Crippen LogP contribution in [0.25, 0.3) is 21.8 Å². The molecule has 434 valence electrons. The molecule has 0 bridgehead atoms. The van der Waals surface area contributed by atoms with Gasteiger partial charge in [-0.2, -0.15) is 0 Å². The summed E-state index contributed by atoms with van der Waals surface area (Å²) >= 11 is 25.1. The predicted molar refractivity (Wildman–Crippen MR) is 358 cm³/mol. The maximum absolute atomic E-state index is 11.8. The molecule has 2 amide bonds. The maximum atomic E-state index is 11.8. The van der Waals surface area contributed by atoms with Crippen molar-refractivity contribution in [1.82, 2.24) is 45.0 Å². The topological polar surface area (TPSA) is 152 Å². The van der Waals surface area contributed by atoms with Crippen molar-refractivity contribution in [2.24, 2.45) is 0 Å². The second kappa shape index (κ2) is 31.8. The van der Waals surface area contributed by atoms with Crippen molar-refractivity contribution >= 4 is 166 Å². The van der Waals surface area contributed by atoms with Crippen LogP contribution in [0.4, 0.5) is 15.4 Å². The van der Waals surface area contributed by atoms with Gasteiger partial charge in [-0.05, 0) is 206 Å². The van der Waals surface area contributed by atoms with E-state index < -0.39 is 5.60 Å². The molecule has 8 aromatic rings. The van der Waals surface area contributed by atoms with Crippen LogP contribution in [0.2, 0.25) is 5.15 Å². The SMILES string of the molecule is Brc1cccnc1Br.Brc1cccnc1C1CN(c2ccc3ccccc3n2)C1.Brc1cccnc1C1CNC1.CC(C)(C)OC(=O)N1CC(I)C1.CC(C)(C)OC(=O)N1CC(c2ncccc2Br)C1.Cl.Clc1ccc2ccccc2n1. The van der Waals surface area contributed by atoms with E-state index in [0.29, 0.717) is 39.9 Å². The van der Waals surface area contributed by atoms with E-state index in [-0.39, 0.29) is 30.2 Å². The summed E-state index contributed by atoms with van der Waals surface area (Å²) in [6.45, 7) is 18.3. The maximum Gasteiger partial charge on any atom is 0.410 e. The van der Waals surface area contributed by atoms with Gasteiger partial charge in [0, 0.05) is 123 Å². The third kappa shape index (κ3) is 20.5. The highest BCUT2D eigenvalue weighted by molar-refractivity contribution is 14.1. The summed E-state index contributed by atoms with van der Waals surface area (Å²) < 4.78 is 16.2. The minimum atomic E-state index is -0.437. The lowest BCUT2D eigenvalue weighted by molar-refractivity contribution is 0.00769. The number of fused-ring (bicyclic) bond motifs is 2. The summed E-state index contributed by atoms with van der Waals surface area (Å²) in [5, 5.41) is 6.08. The summed E-state index contributed by atoms with van der Waals surface area (Å²) in [5.41, 5.74) is 4.54. The van der Waals surface area contributed by atoms with Gasteiger partial charge in [0.05, 0.1) is 32.6 Å². The van der Waals surface area contributed by atoms with Crippen LogP contribution in [0.5, 0.6) is 0 Å². The third-order valence-electron chi connectivity index (χ3n) is 12.4. The molecule has 6 aromatic heterocycles. The average Bonchev–Trinajstić information content (AvgIpc) is 3.57. The van der Waals surface area contributed by atoms with Crippen molar-refractivity contribution in [3.8, 4) is 0 Å². The number of hydrogen-bond acceptors (Lipinski definition) is 12. The van der Waals surface area contributed by atoms with Gasteiger partial charge in [-0.3, -0.25) is 15.0 Å². The van der Waals surface area contributed by atoms with Crippen molar-refractivity contribution in [3.63, 3.8) is 0 Å². The summed E-state index contributed by atoms with van der Waals surface area (Å²) in [6.07, 6.45) is 6.78. The fourth-order valence-electron chi connectivity index (χ4n) is 8.08. The molecule has 4 aliphatic rings. The van der Waals surface area contributed by atoms with Crippen molar-refractivity contribution in [3.05, 3.63) is 191 Å². The highest BCUT2D eigenvalue weighted by Crippen LogP contribution is 2.35. The largest absolute Gasteiger partial charge is 0.444 e. The molecule has 4 saturated heterocycles. The quantitative estimate of drug-likeness (QED) is 0.101. The number of halogens is 8. The molecule has 22 heteroatoms. The molecule has 14 nitrogen and oxygen atoms in total. The number of aromatic nitrogens is 6. The molecule has 2 aromatic carbocycles. The highest BCUT2D eigenvalue weighted by Gasteiger charge is 2.36. The van der Waals surface area contributed by atoms with Crippen LogP contribution >= 0.6 is 126 Å². The van der Waals surface area contributed by atoms with E-state index in [0.717, 1.165) is 95.4 Å². The van der Waals surface area contributed by atoms with E-state index in [1.54, 1.807) is 28.3 Å². The second-order valence-corrected chi connectivity index (χ2v) is 27.4. The molecular weight excluding hydrogens is 1520 g/mol. The van der Waals surface area contributed by atoms with Gasteiger partial charge in [0.1, 0.15) is 26.8 Å². The number of nitrogens with zero attached hydrogens (tertiary/aromatic N) is 9. The Morgan fingerprint density at radius 2 is 0.939 bits per heavy atom. The van der Waals surface area contributed by atoms with Gasteiger partial charge in [0.15, 0.2) is 0 Å². The molecule has 0 unspecified atom stereocenters. The van der Waals surface area contributed by atoms with Gasteiger partial charge in [0.2, 0.25) is 0 Å². The number of hydrogen-bond donors (Lipinski definition) is 1. The molecule has 0 saturated carbocycles. The van der Waals surface area contributed by atoms with Crippen LogP contribution in [0.3, 0.4) is 0 Å². The van der Waals surface area contributed by atoms with Crippen LogP contribution in [-0.2, 0) is 9.47 Å². The monoisotopic (exact) mass is 1580 g/mol. The van der Waals surface area contributed by atoms with E-state index in [4.69, 9.17) is 26.1 Å². The van der Waals surface area contributed by atoms with Gasteiger partial charge in [0.25, 0.3) is 0 Å². The zero-order chi connectivity index (χ0) is 58.3.